The van der Waals surface area contributed by atoms with Crippen molar-refractivity contribution in [2.75, 3.05) is 0 Å². The third-order valence-corrected chi connectivity index (χ3v) is 6.62. The number of allylic oxidation sites excluding steroid dienone is 2. The van der Waals surface area contributed by atoms with Gasteiger partial charge in [0.05, 0.1) is 0 Å². The van der Waals surface area contributed by atoms with Crippen LogP contribution >= 0.6 is 0 Å². The fourth-order valence-electron chi connectivity index (χ4n) is 4.38. The Morgan fingerprint density at radius 2 is 1.19 bits per heavy atom. The molecule has 0 saturated heterocycles. The number of hydrogen-bond acceptors (Lipinski definition) is 3. The molecule has 1 atom stereocenters. The largest absolute Gasteiger partial charge is 0.481 e. The molecule has 0 bridgehead atoms. The lowest BCUT2D eigenvalue weighted by molar-refractivity contribution is -0.137. The molecule has 0 amide bonds. The number of hydrogen-bond donors (Lipinski definition) is 2. The maximum absolute atomic E-state index is 12.5. The number of aliphatic carboxylic acids is 1. The number of rotatable bonds is 20. The van der Waals surface area contributed by atoms with Crippen molar-refractivity contribution in [3.05, 3.63) is 83.4 Å². The first kappa shape index (κ1) is 29.5. The van der Waals surface area contributed by atoms with E-state index in [1.165, 1.54) is 56.9 Å². The van der Waals surface area contributed by atoms with Crippen molar-refractivity contribution in [1.82, 2.24) is 0 Å². The summed E-state index contributed by atoms with van der Waals surface area (Å²) in [7, 11) is 0. The van der Waals surface area contributed by atoms with Crippen LogP contribution in [0, 0.1) is 0 Å². The molecule has 2 aromatic carbocycles. The predicted octanol–water partition coefficient (Wildman–Crippen LogP) is 8.25. The van der Waals surface area contributed by atoms with Gasteiger partial charge in [-0.2, -0.15) is 0 Å². The number of Topliss-reactive ketones (excluding diaryl/α,β-unsaturated/α-hetero) is 1. The minimum absolute atomic E-state index is 0.257. The normalized spacial score (nSPS) is 12.1. The van der Waals surface area contributed by atoms with Crippen molar-refractivity contribution in [3.8, 4) is 0 Å². The summed E-state index contributed by atoms with van der Waals surface area (Å²) in [5, 5.41) is 18.9. The molecule has 0 aromatic heterocycles. The van der Waals surface area contributed by atoms with E-state index in [1.807, 2.05) is 42.5 Å². The molecule has 0 saturated carbocycles. The number of aryl methyl sites for hydroxylation is 1. The summed E-state index contributed by atoms with van der Waals surface area (Å²) in [6.07, 6.45) is 20.0. The van der Waals surface area contributed by atoms with Crippen LogP contribution in [0.15, 0.2) is 66.7 Å². The van der Waals surface area contributed by atoms with Crippen LogP contribution in [0.25, 0.3) is 0 Å². The van der Waals surface area contributed by atoms with Gasteiger partial charge in [0.2, 0.25) is 0 Å². The second-order valence-corrected chi connectivity index (χ2v) is 9.71. The first-order valence-corrected chi connectivity index (χ1v) is 13.8. The number of ketones is 1. The van der Waals surface area contributed by atoms with Gasteiger partial charge in [0.15, 0.2) is 5.78 Å². The summed E-state index contributed by atoms with van der Waals surface area (Å²) >= 11 is 0. The lowest BCUT2D eigenvalue weighted by atomic mass is 9.98. The summed E-state index contributed by atoms with van der Waals surface area (Å²) in [5.74, 6) is -0.941. The first-order valence-electron chi connectivity index (χ1n) is 13.8. The van der Waals surface area contributed by atoms with Gasteiger partial charge in [-0.05, 0) is 56.1 Å². The van der Waals surface area contributed by atoms with Gasteiger partial charge in [-0.25, -0.2) is 0 Å². The summed E-state index contributed by atoms with van der Waals surface area (Å²) in [5.41, 5.74) is 2.42. The van der Waals surface area contributed by atoms with E-state index in [-0.39, 0.29) is 5.78 Å². The van der Waals surface area contributed by atoms with Crippen LogP contribution in [0.5, 0.6) is 0 Å². The van der Waals surface area contributed by atoms with Gasteiger partial charge < -0.3 is 10.2 Å². The molecule has 1 unspecified atom stereocenters. The number of carboxylic acids is 1. The smallest absolute Gasteiger partial charge is 0.303 e. The van der Waals surface area contributed by atoms with Gasteiger partial charge in [0, 0.05) is 12.0 Å². The maximum atomic E-state index is 12.5. The molecule has 0 spiro atoms. The Hall–Kier alpha value is -2.72. The monoisotopic (exact) mass is 492 g/mol. The van der Waals surface area contributed by atoms with Crippen molar-refractivity contribution in [3.63, 3.8) is 0 Å². The van der Waals surface area contributed by atoms with E-state index in [4.69, 9.17) is 5.11 Å². The van der Waals surface area contributed by atoms with Gasteiger partial charge in [-0.1, -0.05) is 112 Å². The molecule has 0 fully saturated rings. The van der Waals surface area contributed by atoms with Crippen LogP contribution in [0.4, 0.5) is 0 Å². The van der Waals surface area contributed by atoms with Crippen LogP contribution in [0.2, 0.25) is 0 Å². The summed E-state index contributed by atoms with van der Waals surface area (Å²) in [6.45, 7) is 0. The molecule has 0 heterocycles. The highest BCUT2D eigenvalue weighted by molar-refractivity contribution is 5.99. The zero-order chi connectivity index (χ0) is 25.8. The number of carboxylic acid groups (broad SMARTS) is 1. The molecule has 0 aliphatic heterocycles. The van der Waals surface area contributed by atoms with Crippen molar-refractivity contribution in [2.45, 2.75) is 102 Å². The molecule has 0 radical (unpaired) electrons. The van der Waals surface area contributed by atoms with Crippen LogP contribution in [-0.2, 0) is 11.2 Å². The lowest BCUT2D eigenvalue weighted by Gasteiger charge is -2.10. The molecule has 4 heteroatoms. The Kier molecular flexibility index (Phi) is 15.2. The highest BCUT2D eigenvalue weighted by Gasteiger charge is 2.18. The standard InChI is InChI=1S/C32H44O4/c33-30(34)22-18-13-11-9-7-5-3-1-2-4-6-8-10-12-15-19-27-23-25-29(26-24-27)32(36)31(35)28-20-16-14-17-21-28/h1,3,14,16-17,20-21,23-26,31,35H,2,4-13,15,18-19,22H2,(H,33,34)/b3-1-. The average molecular weight is 493 g/mol. The number of aliphatic hydroxyl groups is 1. The molecule has 0 aliphatic carbocycles. The van der Waals surface area contributed by atoms with Crippen LogP contribution < -0.4 is 0 Å². The minimum Gasteiger partial charge on any atom is -0.481 e. The zero-order valence-corrected chi connectivity index (χ0v) is 21.7. The SMILES string of the molecule is O=C(O)CCCCCCC/C=C\CCCCCCCCc1ccc(C(=O)C(O)c2ccccc2)cc1. The van der Waals surface area contributed by atoms with Crippen molar-refractivity contribution >= 4 is 11.8 Å². The Morgan fingerprint density at radius 3 is 1.78 bits per heavy atom. The highest BCUT2D eigenvalue weighted by atomic mass is 16.4. The molecule has 2 N–H and O–H groups in total. The number of carbonyl (C=O) groups is 2. The molecule has 2 aromatic rings. The molecule has 2 rings (SSSR count). The lowest BCUT2D eigenvalue weighted by Crippen LogP contribution is -2.12. The second-order valence-electron chi connectivity index (χ2n) is 9.71. The fraction of sp³-hybridized carbons (Fsp3) is 0.500. The van der Waals surface area contributed by atoms with Gasteiger partial charge in [0.25, 0.3) is 0 Å². The van der Waals surface area contributed by atoms with Gasteiger partial charge in [-0.3, -0.25) is 9.59 Å². The van der Waals surface area contributed by atoms with Crippen LogP contribution in [0.1, 0.15) is 117 Å². The maximum Gasteiger partial charge on any atom is 0.303 e. The van der Waals surface area contributed by atoms with Crippen molar-refractivity contribution < 1.29 is 19.8 Å². The number of unbranched alkanes of at least 4 members (excludes halogenated alkanes) is 11. The molecule has 0 aliphatic rings. The quantitative estimate of drug-likeness (QED) is 0.111. The molecular formula is C32H44O4. The van der Waals surface area contributed by atoms with Crippen molar-refractivity contribution in [1.29, 1.82) is 0 Å². The van der Waals surface area contributed by atoms with Crippen LogP contribution in [-0.4, -0.2) is 22.0 Å². The number of carbonyl (C=O) groups excluding carboxylic acids is 1. The van der Waals surface area contributed by atoms with E-state index in [2.05, 4.69) is 12.2 Å². The zero-order valence-electron chi connectivity index (χ0n) is 21.7. The molecule has 36 heavy (non-hydrogen) atoms. The molecule has 196 valence electrons. The average Bonchev–Trinajstić information content (AvgIpc) is 2.90. The number of aliphatic hydroxyl groups excluding tert-OH is 1. The minimum atomic E-state index is -1.11. The van der Waals surface area contributed by atoms with Crippen LogP contribution in [0.3, 0.4) is 0 Å². The molecular weight excluding hydrogens is 448 g/mol. The van der Waals surface area contributed by atoms with Gasteiger partial charge >= 0.3 is 5.97 Å². The Labute approximate surface area is 217 Å². The van der Waals surface area contributed by atoms with E-state index < -0.39 is 12.1 Å². The second kappa shape index (κ2) is 18.5. The first-order chi connectivity index (χ1) is 17.6. The van der Waals surface area contributed by atoms with E-state index in [0.29, 0.717) is 17.5 Å². The highest BCUT2D eigenvalue weighted by Crippen LogP contribution is 2.19. The van der Waals surface area contributed by atoms with E-state index in [0.717, 1.165) is 38.5 Å². The Bertz CT molecular complexity index is 886. The summed E-state index contributed by atoms with van der Waals surface area (Å²) in [4.78, 5) is 23.0. The number of benzene rings is 2. The third-order valence-electron chi connectivity index (χ3n) is 6.62. The predicted molar refractivity (Wildman–Crippen MR) is 147 cm³/mol. The van der Waals surface area contributed by atoms with E-state index in [9.17, 15) is 14.7 Å². The molecule has 4 nitrogen and oxygen atoms in total. The van der Waals surface area contributed by atoms with Gasteiger partial charge in [0.1, 0.15) is 6.10 Å². The topological polar surface area (TPSA) is 74.6 Å². The Morgan fingerprint density at radius 1 is 0.667 bits per heavy atom. The Balaban J connectivity index is 1.44. The van der Waals surface area contributed by atoms with Gasteiger partial charge in [-0.15, -0.1) is 0 Å². The van der Waals surface area contributed by atoms with E-state index in [1.54, 1.807) is 12.1 Å². The van der Waals surface area contributed by atoms with E-state index >= 15 is 0 Å². The fourth-order valence-corrected chi connectivity index (χ4v) is 4.38. The summed E-state index contributed by atoms with van der Waals surface area (Å²) < 4.78 is 0. The third kappa shape index (κ3) is 12.8. The summed E-state index contributed by atoms with van der Waals surface area (Å²) in [6, 6.07) is 16.8. The van der Waals surface area contributed by atoms with Crippen molar-refractivity contribution in [2.24, 2.45) is 0 Å².